The Morgan fingerprint density at radius 2 is 2.03 bits per heavy atom. The number of aryl methyl sites for hydroxylation is 2. The summed E-state index contributed by atoms with van der Waals surface area (Å²) in [4.78, 5) is 30.5. The Bertz CT molecular complexity index is 1390. The Kier molecular flexibility index (Phi) is 7.64. The van der Waals surface area contributed by atoms with Crippen LogP contribution >= 0.6 is 0 Å². The Morgan fingerprint density at radius 3 is 2.72 bits per heavy atom. The van der Waals surface area contributed by atoms with Crippen molar-refractivity contribution in [2.75, 3.05) is 6.61 Å². The number of furan rings is 1. The molecule has 1 N–H and O–H groups in total. The van der Waals surface area contributed by atoms with E-state index >= 15 is 0 Å². The van der Waals surface area contributed by atoms with E-state index in [2.05, 4.69) is 45.3 Å². The largest absolute Gasteiger partial charge is 0.468 e. The number of benzene rings is 1. The molecule has 0 aliphatic heterocycles. The molecule has 0 radical (unpaired) electrons. The topological polar surface area (TPSA) is 119 Å². The number of rotatable bonds is 10. The van der Waals surface area contributed by atoms with Crippen molar-refractivity contribution in [1.29, 1.82) is 0 Å². The monoisotopic (exact) mass is 492 g/mol. The van der Waals surface area contributed by atoms with E-state index in [0.717, 1.165) is 27.8 Å². The molecule has 3 aromatic heterocycles. The number of nitrogens with one attached hydrogen (secondary N) is 1. The number of ether oxygens (including phenoxy) is 1. The highest BCUT2D eigenvalue weighted by Gasteiger charge is 2.31. The molecule has 0 unspecified atom stereocenters. The third-order valence-corrected chi connectivity index (χ3v) is 6.14. The van der Waals surface area contributed by atoms with Crippen molar-refractivity contribution in [1.82, 2.24) is 30.1 Å². The third kappa shape index (κ3) is 5.54. The van der Waals surface area contributed by atoms with E-state index in [1.54, 1.807) is 13.2 Å². The van der Waals surface area contributed by atoms with Crippen molar-refractivity contribution in [2.45, 2.75) is 60.3 Å². The highest BCUT2D eigenvalue weighted by atomic mass is 16.5. The zero-order chi connectivity index (χ0) is 25.8. The number of fused-ring (bicyclic) bond motifs is 1. The van der Waals surface area contributed by atoms with Gasteiger partial charge in [-0.15, -0.1) is 5.10 Å². The maximum Gasteiger partial charge on any atom is 0.327 e. The van der Waals surface area contributed by atoms with Crippen molar-refractivity contribution in [3.8, 4) is 0 Å². The van der Waals surface area contributed by atoms with Crippen molar-refractivity contribution in [3.05, 3.63) is 75.2 Å². The molecular formula is C26H32N6O4. The van der Waals surface area contributed by atoms with Crippen LogP contribution in [-0.4, -0.2) is 42.7 Å². The van der Waals surface area contributed by atoms with Crippen LogP contribution in [0, 0.1) is 19.8 Å². The van der Waals surface area contributed by atoms with Gasteiger partial charge in [0.15, 0.2) is 5.82 Å². The molecule has 0 fully saturated rings. The van der Waals surface area contributed by atoms with Crippen molar-refractivity contribution in [3.63, 3.8) is 0 Å². The van der Waals surface area contributed by atoms with Gasteiger partial charge in [-0.25, -0.2) is 4.68 Å². The first-order chi connectivity index (χ1) is 17.3. The lowest BCUT2D eigenvalue weighted by Crippen LogP contribution is -2.35. The zero-order valence-electron chi connectivity index (χ0n) is 21.3. The molecule has 10 nitrogen and oxygen atoms in total. The number of H-pyrrole nitrogens is 1. The lowest BCUT2D eigenvalue weighted by molar-refractivity contribution is -0.144. The number of tetrazole rings is 1. The molecule has 36 heavy (non-hydrogen) atoms. The van der Waals surface area contributed by atoms with Gasteiger partial charge in [0, 0.05) is 23.0 Å². The molecule has 1 atom stereocenters. The summed E-state index contributed by atoms with van der Waals surface area (Å²) < 4.78 is 12.2. The number of pyridine rings is 1. The smallest absolute Gasteiger partial charge is 0.327 e. The summed E-state index contributed by atoms with van der Waals surface area (Å²) >= 11 is 0. The quantitative estimate of drug-likeness (QED) is 0.333. The van der Waals surface area contributed by atoms with Crippen molar-refractivity contribution >= 4 is 16.9 Å². The van der Waals surface area contributed by atoms with Gasteiger partial charge < -0.3 is 14.1 Å². The SMILES string of the molecule is CCOC(=O)Cn1nnnc1[C@H](C(C)C)N(Cc1ccco1)Cc1cc2c(C)cc(C)cc2[nH]c1=O. The zero-order valence-corrected chi connectivity index (χ0v) is 21.3. The predicted molar refractivity (Wildman–Crippen MR) is 134 cm³/mol. The Morgan fingerprint density at radius 1 is 1.22 bits per heavy atom. The van der Waals surface area contributed by atoms with Gasteiger partial charge in [0.05, 0.1) is 25.5 Å². The second kappa shape index (κ2) is 10.9. The summed E-state index contributed by atoms with van der Waals surface area (Å²) in [5.74, 6) is 0.904. The highest BCUT2D eigenvalue weighted by Crippen LogP contribution is 2.30. The number of esters is 1. The van der Waals surface area contributed by atoms with Crippen LogP contribution < -0.4 is 5.56 Å². The van der Waals surface area contributed by atoms with Crippen molar-refractivity contribution in [2.24, 2.45) is 5.92 Å². The van der Waals surface area contributed by atoms with Crippen LogP contribution in [0.1, 0.15) is 55.1 Å². The van der Waals surface area contributed by atoms with Crippen LogP contribution in [0.5, 0.6) is 0 Å². The van der Waals surface area contributed by atoms with Gasteiger partial charge in [-0.1, -0.05) is 19.9 Å². The van der Waals surface area contributed by atoms with E-state index in [1.165, 1.54) is 4.68 Å². The Balaban J connectivity index is 1.75. The number of aromatic amines is 1. The second-order valence-corrected chi connectivity index (χ2v) is 9.34. The van der Waals surface area contributed by atoms with E-state index in [4.69, 9.17) is 9.15 Å². The molecule has 0 spiro atoms. The molecule has 0 amide bonds. The second-order valence-electron chi connectivity index (χ2n) is 9.34. The molecule has 0 bridgehead atoms. The highest BCUT2D eigenvalue weighted by molar-refractivity contribution is 5.83. The Hall–Kier alpha value is -3.79. The molecule has 10 heteroatoms. The third-order valence-electron chi connectivity index (χ3n) is 6.14. The van der Waals surface area contributed by atoms with E-state index in [1.807, 2.05) is 38.1 Å². The Labute approximate surface area is 209 Å². The minimum absolute atomic E-state index is 0.0517. The molecule has 0 aliphatic rings. The molecule has 0 aliphatic carbocycles. The number of hydrogen-bond acceptors (Lipinski definition) is 8. The summed E-state index contributed by atoms with van der Waals surface area (Å²) in [6.45, 7) is 10.9. The first-order valence-corrected chi connectivity index (χ1v) is 12.1. The van der Waals surface area contributed by atoms with Gasteiger partial charge in [-0.3, -0.25) is 14.5 Å². The van der Waals surface area contributed by atoms with Crippen LogP contribution in [0.25, 0.3) is 10.9 Å². The predicted octanol–water partition coefficient (Wildman–Crippen LogP) is 3.69. The van der Waals surface area contributed by atoms with Crippen LogP contribution in [0.15, 0.2) is 45.8 Å². The van der Waals surface area contributed by atoms with Crippen LogP contribution in [0.3, 0.4) is 0 Å². The fourth-order valence-electron chi connectivity index (χ4n) is 4.66. The average molecular weight is 493 g/mol. The fraction of sp³-hybridized carbons (Fsp3) is 0.423. The van der Waals surface area contributed by atoms with E-state index in [0.29, 0.717) is 24.5 Å². The lowest BCUT2D eigenvalue weighted by Gasteiger charge is -2.32. The van der Waals surface area contributed by atoms with Gasteiger partial charge >= 0.3 is 5.97 Å². The van der Waals surface area contributed by atoms with Crippen LogP contribution in [-0.2, 0) is 29.2 Å². The van der Waals surface area contributed by atoms with Crippen LogP contribution in [0.2, 0.25) is 0 Å². The number of hydrogen-bond donors (Lipinski definition) is 1. The molecule has 4 rings (SSSR count). The van der Waals surface area contributed by atoms with Crippen LogP contribution in [0.4, 0.5) is 0 Å². The van der Waals surface area contributed by atoms with Gasteiger partial charge in [0.25, 0.3) is 5.56 Å². The summed E-state index contributed by atoms with van der Waals surface area (Å²) in [7, 11) is 0. The molecular weight excluding hydrogens is 460 g/mol. The first-order valence-electron chi connectivity index (χ1n) is 12.1. The number of carbonyl (C=O) groups excluding carboxylic acids is 1. The first kappa shape index (κ1) is 25.3. The van der Waals surface area contributed by atoms with E-state index < -0.39 is 5.97 Å². The molecule has 190 valence electrons. The summed E-state index contributed by atoms with van der Waals surface area (Å²) in [6.07, 6.45) is 1.62. The maximum absolute atomic E-state index is 13.1. The number of nitrogens with zero attached hydrogens (tertiary/aromatic N) is 5. The van der Waals surface area contributed by atoms with Gasteiger partial charge in [-0.05, 0) is 72.5 Å². The fourth-order valence-corrected chi connectivity index (χ4v) is 4.66. The van der Waals surface area contributed by atoms with Crippen molar-refractivity contribution < 1.29 is 13.9 Å². The standard InChI is InChI=1S/C26H32N6O4/c1-6-35-23(33)15-32-25(28-29-30-32)24(16(2)3)31(14-20-8-7-9-36-20)13-19-12-21-18(5)10-17(4)11-22(21)27-26(19)34/h7-12,16,24H,6,13-15H2,1-5H3,(H,27,34)/t24-/m0/s1. The molecule has 3 heterocycles. The maximum atomic E-state index is 13.1. The van der Waals surface area contributed by atoms with E-state index in [9.17, 15) is 9.59 Å². The number of aromatic nitrogens is 5. The normalized spacial score (nSPS) is 12.5. The van der Waals surface area contributed by atoms with Gasteiger partial charge in [-0.2, -0.15) is 0 Å². The summed E-state index contributed by atoms with van der Waals surface area (Å²) in [6, 6.07) is 9.45. The van der Waals surface area contributed by atoms with Gasteiger partial charge in [0.2, 0.25) is 0 Å². The minimum atomic E-state index is -0.414. The summed E-state index contributed by atoms with van der Waals surface area (Å²) in [5, 5.41) is 13.2. The minimum Gasteiger partial charge on any atom is -0.468 e. The lowest BCUT2D eigenvalue weighted by atomic mass is 9.99. The molecule has 1 aromatic carbocycles. The molecule has 0 saturated carbocycles. The van der Waals surface area contributed by atoms with Gasteiger partial charge in [0.1, 0.15) is 12.3 Å². The molecule has 0 saturated heterocycles. The number of carbonyl (C=O) groups is 1. The average Bonchev–Trinajstić information content (AvgIpc) is 3.47. The molecule has 4 aromatic rings. The van der Waals surface area contributed by atoms with E-state index in [-0.39, 0.29) is 30.7 Å². The summed E-state index contributed by atoms with van der Waals surface area (Å²) in [5.41, 5.74) is 3.48.